The molecule has 0 N–H and O–H groups in total. The smallest absolute Gasteiger partial charge is 0.136 e. The third-order valence-electron chi connectivity index (χ3n) is 10.1. The lowest BCUT2D eigenvalue weighted by Gasteiger charge is -2.28. The van der Waals surface area contributed by atoms with Crippen LogP contribution in [-0.4, -0.2) is 0 Å². The molecule has 0 aliphatic carbocycles. The first-order valence-corrected chi connectivity index (χ1v) is 18.2. The van der Waals surface area contributed by atoms with Gasteiger partial charge in [0.15, 0.2) is 0 Å². The Bertz CT molecular complexity index is 2830. The first-order chi connectivity index (χ1) is 26.6. The lowest BCUT2D eigenvalue weighted by molar-refractivity contribution is 0.669. The van der Waals surface area contributed by atoms with E-state index >= 15 is 0 Å². The Hall–Kier alpha value is -7.16. The van der Waals surface area contributed by atoms with E-state index in [9.17, 15) is 0 Å². The molecule has 54 heavy (non-hydrogen) atoms. The highest BCUT2D eigenvalue weighted by molar-refractivity contribution is 6.16. The molecule has 2 nitrogen and oxygen atoms in total. The maximum atomic E-state index is 6.58. The van der Waals surface area contributed by atoms with E-state index in [1.165, 1.54) is 22.1 Å². The van der Waals surface area contributed by atoms with Gasteiger partial charge in [0, 0.05) is 27.7 Å². The second-order valence-electron chi connectivity index (χ2n) is 13.5. The van der Waals surface area contributed by atoms with Crippen LogP contribution in [0.2, 0.25) is 0 Å². The molecule has 0 atom stereocenters. The number of nitrogens with zero attached hydrogens (tertiary/aromatic N) is 1. The Morgan fingerprint density at radius 3 is 1.81 bits per heavy atom. The molecular weight excluding hydrogens is 655 g/mol. The number of para-hydroxylation sites is 1. The minimum absolute atomic E-state index is 0.815. The van der Waals surface area contributed by atoms with E-state index in [-0.39, 0.29) is 0 Å². The van der Waals surface area contributed by atoms with Crippen molar-refractivity contribution in [2.75, 3.05) is 4.90 Å². The summed E-state index contributed by atoms with van der Waals surface area (Å²) >= 11 is 0. The van der Waals surface area contributed by atoms with Crippen LogP contribution < -0.4 is 4.90 Å². The van der Waals surface area contributed by atoms with E-state index in [1.807, 2.05) is 30.3 Å². The molecule has 9 aromatic rings. The lowest BCUT2D eigenvalue weighted by Crippen LogP contribution is -2.15. The number of allylic oxidation sites excluding steroid dienone is 3. The van der Waals surface area contributed by atoms with E-state index in [0.717, 1.165) is 72.2 Å². The number of rotatable bonds is 9. The Labute approximate surface area is 315 Å². The minimum Gasteiger partial charge on any atom is -0.456 e. The highest BCUT2D eigenvalue weighted by Crippen LogP contribution is 2.44. The van der Waals surface area contributed by atoms with Crippen molar-refractivity contribution in [3.8, 4) is 33.4 Å². The Kier molecular flexibility index (Phi) is 8.55. The van der Waals surface area contributed by atoms with E-state index in [0.29, 0.717) is 0 Å². The van der Waals surface area contributed by atoms with Gasteiger partial charge in [-0.1, -0.05) is 165 Å². The fourth-order valence-corrected chi connectivity index (χ4v) is 7.41. The molecule has 0 aliphatic heterocycles. The molecule has 0 amide bonds. The van der Waals surface area contributed by atoms with Crippen LogP contribution in [0, 0.1) is 0 Å². The summed E-state index contributed by atoms with van der Waals surface area (Å²) < 4.78 is 6.58. The van der Waals surface area contributed by atoms with E-state index < -0.39 is 0 Å². The molecule has 9 rings (SSSR count). The first kappa shape index (κ1) is 32.7. The van der Waals surface area contributed by atoms with Gasteiger partial charge in [-0.3, -0.25) is 0 Å². The number of hydrogen-bond acceptors (Lipinski definition) is 2. The van der Waals surface area contributed by atoms with Gasteiger partial charge in [0.1, 0.15) is 11.2 Å². The summed E-state index contributed by atoms with van der Waals surface area (Å²) in [4.78, 5) is 2.24. The summed E-state index contributed by atoms with van der Waals surface area (Å²) in [5.41, 5.74) is 13.4. The van der Waals surface area contributed by atoms with Crippen molar-refractivity contribution in [1.82, 2.24) is 0 Å². The topological polar surface area (TPSA) is 16.4 Å². The fourth-order valence-electron chi connectivity index (χ4n) is 7.41. The molecule has 0 aliphatic rings. The van der Waals surface area contributed by atoms with Gasteiger partial charge in [-0.05, 0) is 98.3 Å². The minimum atomic E-state index is 0.815. The molecular formula is C52H37NO. The van der Waals surface area contributed by atoms with Gasteiger partial charge in [-0.25, -0.2) is 0 Å². The van der Waals surface area contributed by atoms with Crippen molar-refractivity contribution in [3.63, 3.8) is 0 Å². The van der Waals surface area contributed by atoms with Crippen molar-refractivity contribution >= 4 is 49.7 Å². The zero-order chi connectivity index (χ0) is 36.4. The molecule has 1 heterocycles. The van der Waals surface area contributed by atoms with Crippen LogP contribution in [-0.2, 0) is 0 Å². The van der Waals surface area contributed by atoms with Gasteiger partial charge in [0.05, 0.1) is 5.69 Å². The normalized spacial score (nSPS) is 11.4. The average Bonchev–Trinajstić information content (AvgIpc) is 3.61. The third-order valence-corrected chi connectivity index (χ3v) is 10.1. The monoisotopic (exact) mass is 691 g/mol. The number of anilines is 2. The maximum absolute atomic E-state index is 6.58. The number of hydrogen-bond donors (Lipinski definition) is 0. The zero-order valence-corrected chi connectivity index (χ0v) is 29.8. The predicted octanol–water partition coefficient (Wildman–Crippen LogP) is 14.7. The summed E-state index contributed by atoms with van der Waals surface area (Å²) in [6.07, 6.45) is 4.10. The van der Waals surface area contributed by atoms with Crippen molar-refractivity contribution < 1.29 is 4.42 Å². The van der Waals surface area contributed by atoms with E-state index in [4.69, 9.17) is 4.42 Å². The van der Waals surface area contributed by atoms with E-state index in [2.05, 4.69) is 188 Å². The highest BCUT2D eigenvalue weighted by atomic mass is 16.3. The van der Waals surface area contributed by atoms with Gasteiger partial charge in [0.2, 0.25) is 0 Å². The molecule has 256 valence electrons. The standard InChI is InChI=1S/C52H37NO/c1-36(38-15-6-3-7-16-38)25-26-37(2)53(45-31-29-41(30-32-45)39-17-8-4-9-18-39)49-23-13-12-21-46(49)47-22-14-24-50-52(47)48-34-44-33-42(40-19-10-5-11-20-40)27-28-43(44)35-51(48)54-50/h3-35H,1-2H2/b26-25-. The molecule has 0 unspecified atom stereocenters. The average molecular weight is 692 g/mol. The maximum Gasteiger partial charge on any atom is 0.136 e. The van der Waals surface area contributed by atoms with Gasteiger partial charge in [-0.15, -0.1) is 0 Å². The largest absolute Gasteiger partial charge is 0.456 e. The van der Waals surface area contributed by atoms with Crippen molar-refractivity contribution in [2.24, 2.45) is 0 Å². The molecule has 0 saturated heterocycles. The summed E-state index contributed by atoms with van der Waals surface area (Å²) in [5, 5.41) is 4.50. The van der Waals surface area contributed by atoms with Crippen LogP contribution in [0.3, 0.4) is 0 Å². The van der Waals surface area contributed by atoms with Crippen molar-refractivity contribution in [3.05, 3.63) is 225 Å². The molecule has 0 radical (unpaired) electrons. The summed E-state index contributed by atoms with van der Waals surface area (Å²) in [6, 6.07) is 66.0. The first-order valence-electron chi connectivity index (χ1n) is 18.2. The highest BCUT2D eigenvalue weighted by Gasteiger charge is 2.20. The molecule has 0 fully saturated rings. The van der Waals surface area contributed by atoms with Crippen LogP contribution in [0.15, 0.2) is 223 Å². The van der Waals surface area contributed by atoms with Crippen LogP contribution in [0.5, 0.6) is 0 Å². The van der Waals surface area contributed by atoms with Crippen LogP contribution in [0.1, 0.15) is 5.56 Å². The molecule has 2 heteroatoms. The number of fused-ring (bicyclic) bond motifs is 4. The van der Waals surface area contributed by atoms with Gasteiger partial charge >= 0.3 is 0 Å². The molecule has 0 bridgehead atoms. The zero-order valence-electron chi connectivity index (χ0n) is 29.8. The van der Waals surface area contributed by atoms with E-state index in [1.54, 1.807) is 0 Å². The SMILES string of the molecule is C=C(/C=C\C(=C)N(c1ccc(-c2ccccc2)cc1)c1ccccc1-c1cccc2oc3cc4ccc(-c5ccccc5)cc4cc3c12)c1ccccc1. The van der Waals surface area contributed by atoms with Gasteiger partial charge < -0.3 is 9.32 Å². The quantitative estimate of drug-likeness (QED) is 0.140. The fraction of sp³-hybridized carbons (Fsp3) is 0. The number of furan rings is 1. The van der Waals surface area contributed by atoms with Gasteiger partial charge in [-0.2, -0.15) is 0 Å². The predicted molar refractivity (Wildman–Crippen MR) is 230 cm³/mol. The van der Waals surface area contributed by atoms with Crippen LogP contribution in [0.25, 0.3) is 71.7 Å². The Morgan fingerprint density at radius 2 is 1.07 bits per heavy atom. The second kappa shape index (κ2) is 14.1. The van der Waals surface area contributed by atoms with Crippen LogP contribution >= 0.6 is 0 Å². The van der Waals surface area contributed by atoms with Gasteiger partial charge in [0.25, 0.3) is 0 Å². The number of benzene rings is 8. The Morgan fingerprint density at radius 1 is 0.463 bits per heavy atom. The van der Waals surface area contributed by atoms with Crippen LogP contribution in [0.4, 0.5) is 11.4 Å². The third kappa shape index (κ3) is 6.21. The van der Waals surface area contributed by atoms with Crippen molar-refractivity contribution in [1.29, 1.82) is 0 Å². The summed E-state index contributed by atoms with van der Waals surface area (Å²) in [7, 11) is 0. The second-order valence-corrected chi connectivity index (χ2v) is 13.5. The van der Waals surface area contributed by atoms with Crippen molar-refractivity contribution in [2.45, 2.75) is 0 Å². The molecule has 0 spiro atoms. The summed E-state index contributed by atoms with van der Waals surface area (Å²) in [5.74, 6) is 0. The summed E-state index contributed by atoms with van der Waals surface area (Å²) in [6.45, 7) is 8.99. The lowest BCUT2D eigenvalue weighted by atomic mass is 9.95. The molecule has 8 aromatic carbocycles. The Balaban J connectivity index is 1.19. The molecule has 1 aromatic heterocycles. The molecule has 0 saturated carbocycles.